The van der Waals surface area contributed by atoms with Crippen molar-refractivity contribution in [3.8, 4) is 11.1 Å². The predicted octanol–water partition coefficient (Wildman–Crippen LogP) is 6.36. The fourth-order valence-corrected chi connectivity index (χ4v) is 5.89. The summed E-state index contributed by atoms with van der Waals surface area (Å²) in [5.41, 5.74) is 5.71. The van der Waals surface area contributed by atoms with Crippen molar-refractivity contribution in [2.75, 3.05) is 13.1 Å². The van der Waals surface area contributed by atoms with Gasteiger partial charge in [0.25, 0.3) is 0 Å². The number of para-hydroxylation sites is 1. The molecular formula is C31H30N2O. The van der Waals surface area contributed by atoms with Crippen molar-refractivity contribution < 1.29 is 5.11 Å². The summed E-state index contributed by atoms with van der Waals surface area (Å²) >= 11 is 0. The average molecular weight is 447 g/mol. The van der Waals surface area contributed by atoms with Crippen LogP contribution in [0.3, 0.4) is 0 Å². The fourth-order valence-electron chi connectivity index (χ4n) is 5.89. The molecule has 3 aliphatic rings. The van der Waals surface area contributed by atoms with Gasteiger partial charge < -0.3 is 5.11 Å². The molecule has 3 aliphatic heterocycles. The molecule has 1 unspecified atom stereocenters. The van der Waals surface area contributed by atoms with E-state index >= 15 is 0 Å². The molecule has 3 nitrogen and oxygen atoms in total. The van der Waals surface area contributed by atoms with Crippen molar-refractivity contribution in [3.63, 3.8) is 0 Å². The number of aromatic nitrogens is 1. The highest BCUT2D eigenvalue weighted by atomic mass is 16.3. The number of fused-ring (bicyclic) bond motifs is 4. The van der Waals surface area contributed by atoms with Gasteiger partial charge >= 0.3 is 0 Å². The zero-order chi connectivity index (χ0) is 22.9. The lowest BCUT2D eigenvalue weighted by atomic mass is 9.73. The minimum atomic E-state index is -0.480. The third-order valence-corrected chi connectivity index (χ3v) is 7.77. The summed E-state index contributed by atoms with van der Waals surface area (Å²) in [6.07, 6.45) is 8.28. The molecule has 3 saturated heterocycles. The third-order valence-electron chi connectivity index (χ3n) is 7.77. The maximum absolute atomic E-state index is 11.4. The Balaban J connectivity index is 1.15. The molecule has 4 heterocycles. The van der Waals surface area contributed by atoms with E-state index < -0.39 is 6.10 Å². The maximum Gasteiger partial charge on any atom is 0.0952 e. The van der Waals surface area contributed by atoms with Crippen LogP contribution in [0, 0.1) is 11.8 Å². The van der Waals surface area contributed by atoms with Crippen LogP contribution in [0.1, 0.15) is 30.1 Å². The first-order valence-electron chi connectivity index (χ1n) is 12.4. The second kappa shape index (κ2) is 9.17. The molecule has 0 aliphatic carbocycles. The lowest BCUT2D eigenvalue weighted by Gasteiger charge is -2.50. The minimum Gasteiger partial charge on any atom is -0.387 e. The van der Waals surface area contributed by atoms with E-state index in [9.17, 15) is 5.11 Å². The van der Waals surface area contributed by atoms with Gasteiger partial charge in [-0.25, -0.2) is 0 Å². The van der Waals surface area contributed by atoms with E-state index in [4.69, 9.17) is 0 Å². The fraction of sp³-hybridized carbons (Fsp3) is 0.258. The molecule has 34 heavy (non-hydrogen) atoms. The van der Waals surface area contributed by atoms with Crippen LogP contribution in [0.2, 0.25) is 0 Å². The van der Waals surface area contributed by atoms with Gasteiger partial charge in [0.1, 0.15) is 0 Å². The molecule has 0 radical (unpaired) electrons. The van der Waals surface area contributed by atoms with Crippen LogP contribution < -0.4 is 0 Å². The number of hydrogen-bond donors (Lipinski definition) is 1. The topological polar surface area (TPSA) is 36.4 Å². The maximum atomic E-state index is 11.4. The largest absolute Gasteiger partial charge is 0.387 e. The van der Waals surface area contributed by atoms with Crippen LogP contribution in [0.4, 0.5) is 0 Å². The molecule has 0 saturated carbocycles. The Morgan fingerprint density at radius 3 is 2.44 bits per heavy atom. The SMILES string of the molecule is O[C@H](c1ccnc2ccccc12)[C@@H]1C[C@@H]2CCN1C[C@@H]2/C=C/c1ccc(-c2ccccc2)cc1. The van der Waals surface area contributed by atoms with E-state index in [0.717, 1.165) is 36.0 Å². The molecule has 1 N–H and O–H groups in total. The van der Waals surface area contributed by atoms with Crippen molar-refractivity contribution in [2.45, 2.75) is 25.0 Å². The molecule has 1 aromatic heterocycles. The molecule has 5 atom stereocenters. The van der Waals surface area contributed by atoms with Gasteiger partial charge in [0, 0.05) is 24.2 Å². The summed E-state index contributed by atoms with van der Waals surface area (Å²) in [6.45, 7) is 2.10. The summed E-state index contributed by atoms with van der Waals surface area (Å²) in [7, 11) is 0. The highest BCUT2D eigenvalue weighted by Crippen LogP contribution is 2.42. The van der Waals surface area contributed by atoms with Gasteiger partial charge in [0.05, 0.1) is 11.6 Å². The van der Waals surface area contributed by atoms with E-state index in [2.05, 4.69) is 82.7 Å². The molecule has 7 rings (SSSR count). The summed E-state index contributed by atoms with van der Waals surface area (Å²) in [5.74, 6) is 1.16. The zero-order valence-electron chi connectivity index (χ0n) is 19.3. The smallest absolute Gasteiger partial charge is 0.0952 e. The Morgan fingerprint density at radius 1 is 0.882 bits per heavy atom. The number of benzene rings is 3. The van der Waals surface area contributed by atoms with Crippen LogP contribution >= 0.6 is 0 Å². The van der Waals surface area contributed by atoms with Gasteiger partial charge in [-0.2, -0.15) is 0 Å². The van der Waals surface area contributed by atoms with Gasteiger partial charge in [-0.1, -0.05) is 84.9 Å². The molecule has 3 aromatic carbocycles. The Kier molecular flexibility index (Phi) is 5.74. The number of aliphatic hydroxyl groups excluding tert-OH is 1. The Hall–Kier alpha value is -3.27. The van der Waals surface area contributed by atoms with E-state index in [0.29, 0.717) is 11.8 Å². The monoisotopic (exact) mass is 446 g/mol. The van der Waals surface area contributed by atoms with Gasteiger partial charge in [-0.15, -0.1) is 0 Å². The van der Waals surface area contributed by atoms with E-state index in [1.165, 1.54) is 23.1 Å². The zero-order valence-corrected chi connectivity index (χ0v) is 19.3. The number of aliphatic hydroxyl groups is 1. The van der Waals surface area contributed by atoms with Crippen molar-refractivity contribution in [3.05, 3.63) is 108 Å². The summed E-state index contributed by atoms with van der Waals surface area (Å²) < 4.78 is 0. The number of pyridine rings is 1. The predicted molar refractivity (Wildman–Crippen MR) is 139 cm³/mol. The van der Waals surface area contributed by atoms with Crippen LogP contribution in [0.15, 0.2) is 97.2 Å². The first-order valence-corrected chi connectivity index (χ1v) is 12.4. The first kappa shape index (κ1) is 21.3. The lowest BCUT2D eigenvalue weighted by Crippen LogP contribution is -2.54. The summed E-state index contributed by atoms with van der Waals surface area (Å²) in [4.78, 5) is 6.98. The van der Waals surface area contributed by atoms with E-state index in [1.807, 2.05) is 30.5 Å². The van der Waals surface area contributed by atoms with Crippen molar-refractivity contribution in [1.29, 1.82) is 0 Å². The lowest BCUT2D eigenvalue weighted by molar-refractivity contribution is -0.0444. The Labute approximate surface area is 201 Å². The minimum absolute atomic E-state index is 0.180. The average Bonchev–Trinajstić information content (AvgIpc) is 2.92. The van der Waals surface area contributed by atoms with Gasteiger partial charge in [0.15, 0.2) is 0 Å². The number of nitrogens with zero attached hydrogens (tertiary/aromatic N) is 2. The standard InChI is InChI=1S/C31H30N2O/c34-31(28-16-18-32-29-9-5-4-8-27(28)29)30-20-25-17-19-33(30)21-26(25)15-12-22-10-13-24(14-11-22)23-6-2-1-3-7-23/h1-16,18,25-26,30-31,34H,17,19-21H2/b15-12+/t25-,26-,30-,31+/m0/s1. The van der Waals surface area contributed by atoms with Gasteiger partial charge in [-0.3, -0.25) is 9.88 Å². The van der Waals surface area contributed by atoms with Crippen LogP contribution in [-0.2, 0) is 0 Å². The van der Waals surface area contributed by atoms with E-state index in [1.54, 1.807) is 0 Å². The van der Waals surface area contributed by atoms with Crippen LogP contribution in [-0.4, -0.2) is 34.1 Å². The van der Waals surface area contributed by atoms with Crippen molar-refractivity contribution in [2.24, 2.45) is 11.8 Å². The van der Waals surface area contributed by atoms with Crippen molar-refractivity contribution in [1.82, 2.24) is 9.88 Å². The van der Waals surface area contributed by atoms with Gasteiger partial charge in [-0.05, 0) is 65.6 Å². The third kappa shape index (κ3) is 4.06. The normalized spacial score (nSPS) is 25.1. The molecule has 3 fully saturated rings. The van der Waals surface area contributed by atoms with Crippen molar-refractivity contribution >= 4 is 17.0 Å². The number of hydrogen-bond acceptors (Lipinski definition) is 3. The molecule has 2 bridgehead atoms. The number of rotatable bonds is 5. The summed E-state index contributed by atoms with van der Waals surface area (Å²) in [5, 5.41) is 12.5. The second-order valence-corrected chi connectivity index (χ2v) is 9.72. The van der Waals surface area contributed by atoms with Crippen LogP contribution in [0.5, 0.6) is 0 Å². The quantitative estimate of drug-likeness (QED) is 0.388. The first-order chi connectivity index (χ1) is 16.8. The second-order valence-electron chi connectivity index (χ2n) is 9.72. The molecule has 3 heteroatoms. The molecule has 0 spiro atoms. The molecule has 0 amide bonds. The highest BCUT2D eigenvalue weighted by molar-refractivity contribution is 5.82. The molecular weight excluding hydrogens is 416 g/mol. The summed E-state index contributed by atoms with van der Waals surface area (Å²) in [6, 6.07) is 29.6. The Morgan fingerprint density at radius 2 is 1.65 bits per heavy atom. The molecule has 4 aromatic rings. The van der Waals surface area contributed by atoms with Crippen LogP contribution in [0.25, 0.3) is 28.1 Å². The highest BCUT2D eigenvalue weighted by Gasteiger charge is 2.42. The number of piperidine rings is 3. The molecule has 170 valence electrons. The van der Waals surface area contributed by atoms with E-state index in [-0.39, 0.29) is 6.04 Å². The van der Waals surface area contributed by atoms with Gasteiger partial charge in [0.2, 0.25) is 0 Å². The Bertz CT molecular complexity index is 1290.